The van der Waals surface area contributed by atoms with Crippen LogP contribution in [0.1, 0.15) is 40.8 Å². The summed E-state index contributed by atoms with van der Waals surface area (Å²) < 4.78 is 2.27. The molecule has 126 valence electrons. The topological polar surface area (TPSA) is 40.9 Å². The number of hydrogen-bond donors (Lipinski definition) is 0. The van der Waals surface area contributed by atoms with Gasteiger partial charge in [-0.15, -0.1) is 11.3 Å². The van der Waals surface area contributed by atoms with Crippen LogP contribution in [-0.4, -0.2) is 58.8 Å². The maximum atomic E-state index is 12.4. The molecular weight excluding hydrogens is 308 g/mol. The summed E-state index contributed by atoms with van der Waals surface area (Å²) in [6.45, 7) is 8.57. The minimum absolute atomic E-state index is 0.227. The smallest absolute Gasteiger partial charge is 0.236 e. The van der Waals surface area contributed by atoms with Crippen LogP contribution >= 0.6 is 11.3 Å². The Balaban J connectivity index is 1.87. The number of likely N-dealkylation sites (N-methyl/N-ethyl adjacent to an activating group) is 1. The third kappa shape index (κ3) is 3.02. The molecule has 1 aliphatic heterocycles. The van der Waals surface area contributed by atoms with E-state index in [4.69, 9.17) is 4.98 Å². The van der Waals surface area contributed by atoms with Crippen LogP contribution in [0.2, 0.25) is 0 Å². The van der Waals surface area contributed by atoms with Gasteiger partial charge >= 0.3 is 0 Å². The molecule has 0 spiro atoms. The predicted molar refractivity (Wildman–Crippen MR) is 94.4 cm³/mol. The summed E-state index contributed by atoms with van der Waals surface area (Å²) in [5.41, 5.74) is 2.48. The molecule has 5 nitrogen and oxygen atoms in total. The van der Waals surface area contributed by atoms with E-state index in [1.807, 2.05) is 35.2 Å². The van der Waals surface area contributed by atoms with Gasteiger partial charge in [-0.1, -0.05) is 0 Å². The number of carbonyl (C=O) groups excluding carboxylic acids is 1. The minimum atomic E-state index is 0.227. The van der Waals surface area contributed by atoms with Crippen LogP contribution in [0.4, 0.5) is 0 Å². The number of thiazole rings is 1. The second-order valence-corrected chi connectivity index (χ2v) is 8.05. The van der Waals surface area contributed by atoms with Crippen LogP contribution < -0.4 is 0 Å². The second-order valence-electron chi connectivity index (χ2n) is 6.85. The molecule has 1 amide bonds. The third-order valence-electron chi connectivity index (χ3n) is 4.74. The molecule has 1 saturated heterocycles. The fourth-order valence-electron chi connectivity index (χ4n) is 3.47. The first-order valence-electron chi connectivity index (χ1n) is 8.26. The first-order valence-corrected chi connectivity index (χ1v) is 9.07. The molecule has 1 atom stereocenters. The Hall–Kier alpha value is -1.40. The van der Waals surface area contributed by atoms with Crippen LogP contribution in [0.15, 0.2) is 0 Å². The first-order chi connectivity index (χ1) is 10.9. The van der Waals surface area contributed by atoms with Crippen molar-refractivity contribution < 1.29 is 4.79 Å². The summed E-state index contributed by atoms with van der Waals surface area (Å²) in [6.07, 6.45) is 2.18. The van der Waals surface area contributed by atoms with Gasteiger partial charge in [0.25, 0.3) is 0 Å². The van der Waals surface area contributed by atoms with E-state index in [1.54, 1.807) is 0 Å². The van der Waals surface area contributed by atoms with Crippen molar-refractivity contribution in [2.45, 2.75) is 39.5 Å². The van der Waals surface area contributed by atoms with E-state index in [1.165, 1.54) is 21.1 Å². The fraction of sp³-hybridized carbons (Fsp3) is 0.647. The second kappa shape index (κ2) is 6.24. The molecule has 0 bridgehead atoms. The van der Waals surface area contributed by atoms with Gasteiger partial charge < -0.3 is 9.80 Å². The van der Waals surface area contributed by atoms with E-state index in [0.29, 0.717) is 12.5 Å². The Morgan fingerprint density at radius 3 is 2.78 bits per heavy atom. The summed E-state index contributed by atoms with van der Waals surface area (Å²) in [5, 5.41) is 0. The van der Waals surface area contributed by atoms with Crippen molar-refractivity contribution in [1.82, 2.24) is 19.2 Å². The van der Waals surface area contributed by atoms with E-state index in [9.17, 15) is 4.79 Å². The SMILES string of the molecule is Cc1sc2c([C@H]3CCCN(C(=O)CN(C)C)C3)nc(C)n2c1C. The number of carbonyl (C=O) groups is 1. The lowest BCUT2D eigenvalue weighted by molar-refractivity contribution is -0.133. The number of aromatic nitrogens is 2. The zero-order chi connectivity index (χ0) is 16.7. The molecular formula is C17H26N4OS. The van der Waals surface area contributed by atoms with Crippen molar-refractivity contribution >= 4 is 22.1 Å². The Bertz CT molecular complexity index is 731. The number of likely N-dealkylation sites (tertiary alicyclic amines) is 1. The van der Waals surface area contributed by atoms with Crippen LogP contribution in [0.3, 0.4) is 0 Å². The maximum absolute atomic E-state index is 12.4. The van der Waals surface area contributed by atoms with Gasteiger partial charge in [0.1, 0.15) is 10.7 Å². The molecule has 23 heavy (non-hydrogen) atoms. The summed E-state index contributed by atoms with van der Waals surface area (Å²) in [5.74, 6) is 1.65. The number of aryl methyl sites for hydroxylation is 3. The standard InChI is InChI=1S/C17H26N4OS/c1-11-12(2)23-17-16(18-13(3)21(11)17)14-7-6-8-20(9-14)15(22)10-19(4)5/h14H,6-10H2,1-5H3/t14-/m0/s1. The van der Waals surface area contributed by atoms with Crippen molar-refractivity contribution in [3.63, 3.8) is 0 Å². The van der Waals surface area contributed by atoms with Crippen molar-refractivity contribution in [2.24, 2.45) is 0 Å². The molecule has 6 heteroatoms. The molecule has 0 unspecified atom stereocenters. The summed E-state index contributed by atoms with van der Waals surface area (Å²) in [4.78, 5) is 23.8. The number of piperidine rings is 1. The number of imidazole rings is 1. The van der Waals surface area contributed by atoms with Crippen molar-refractivity contribution in [2.75, 3.05) is 33.7 Å². The highest BCUT2D eigenvalue weighted by Crippen LogP contribution is 2.34. The van der Waals surface area contributed by atoms with Gasteiger partial charge in [-0.25, -0.2) is 4.98 Å². The molecule has 3 heterocycles. The summed E-state index contributed by atoms with van der Waals surface area (Å²) >= 11 is 1.83. The number of rotatable bonds is 3. The largest absolute Gasteiger partial charge is 0.341 e. The third-order valence-corrected chi connectivity index (χ3v) is 5.92. The van der Waals surface area contributed by atoms with E-state index in [2.05, 4.69) is 25.2 Å². The normalized spacial score (nSPS) is 19.0. The molecule has 0 radical (unpaired) electrons. The van der Waals surface area contributed by atoms with Gasteiger partial charge in [-0.3, -0.25) is 9.20 Å². The van der Waals surface area contributed by atoms with Crippen LogP contribution in [-0.2, 0) is 4.79 Å². The highest BCUT2D eigenvalue weighted by molar-refractivity contribution is 7.17. The van der Waals surface area contributed by atoms with Crippen LogP contribution in [0.5, 0.6) is 0 Å². The lowest BCUT2D eigenvalue weighted by Crippen LogP contribution is -2.43. The van der Waals surface area contributed by atoms with Gasteiger partial charge in [0.05, 0.1) is 12.2 Å². The van der Waals surface area contributed by atoms with Gasteiger partial charge in [-0.2, -0.15) is 0 Å². The zero-order valence-electron chi connectivity index (χ0n) is 14.7. The van der Waals surface area contributed by atoms with Gasteiger partial charge in [0.2, 0.25) is 5.91 Å². The van der Waals surface area contributed by atoms with Gasteiger partial charge in [0, 0.05) is 29.6 Å². The first kappa shape index (κ1) is 16.5. The molecule has 0 saturated carbocycles. The number of hydrogen-bond acceptors (Lipinski definition) is 4. The van der Waals surface area contributed by atoms with Gasteiger partial charge in [-0.05, 0) is 47.7 Å². The van der Waals surface area contributed by atoms with Crippen molar-refractivity contribution in [3.8, 4) is 0 Å². The van der Waals surface area contributed by atoms with E-state index in [0.717, 1.165) is 31.8 Å². The highest BCUT2D eigenvalue weighted by Gasteiger charge is 2.29. The minimum Gasteiger partial charge on any atom is -0.341 e. The molecule has 0 N–H and O–H groups in total. The van der Waals surface area contributed by atoms with E-state index < -0.39 is 0 Å². The molecule has 0 aromatic carbocycles. The Labute approximate surface area is 141 Å². The number of nitrogens with zero attached hydrogens (tertiary/aromatic N) is 4. The Morgan fingerprint density at radius 2 is 2.09 bits per heavy atom. The quantitative estimate of drug-likeness (QED) is 0.866. The molecule has 2 aromatic rings. The lowest BCUT2D eigenvalue weighted by Gasteiger charge is -2.32. The molecule has 1 fully saturated rings. The van der Waals surface area contributed by atoms with Crippen LogP contribution in [0, 0.1) is 20.8 Å². The number of fused-ring (bicyclic) bond motifs is 1. The molecule has 1 aliphatic rings. The maximum Gasteiger partial charge on any atom is 0.236 e. The van der Waals surface area contributed by atoms with E-state index >= 15 is 0 Å². The fourth-order valence-corrected chi connectivity index (χ4v) is 4.67. The highest BCUT2D eigenvalue weighted by atomic mass is 32.1. The lowest BCUT2D eigenvalue weighted by atomic mass is 9.95. The molecule has 3 rings (SSSR count). The van der Waals surface area contributed by atoms with Gasteiger partial charge in [0.15, 0.2) is 0 Å². The summed E-state index contributed by atoms with van der Waals surface area (Å²) in [7, 11) is 3.89. The van der Waals surface area contributed by atoms with Crippen molar-refractivity contribution in [3.05, 3.63) is 22.1 Å². The predicted octanol–water partition coefficient (Wildman–Crippen LogP) is 2.59. The van der Waals surface area contributed by atoms with Crippen molar-refractivity contribution in [1.29, 1.82) is 0 Å². The summed E-state index contributed by atoms with van der Waals surface area (Å²) in [6, 6.07) is 0. The van der Waals surface area contributed by atoms with Crippen LogP contribution in [0.25, 0.3) is 4.83 Å². The molecule has 0 aliphatic carbocycles. The monoisotopic (exact) mass is 334 g/mol. The zero-order valence-corrected chi connectivity index (χ0v) is 15.5. The Kier molecular flexibility index (Phi) is 4.47. The molecule has 2 aromatic heterocycles. The number of amides is 1. The average Bonchev–Trinajstić information content (AvgIpc) is 2.97. The van der Waals surface area contributed by atoms with E-state index in [-0.39, 0.29) is 5.91 Å². The average molecular weight is 334 g/mol. The Morgan fingerprint density at radius 1 is 1.35 bits per heavy atom.